The zero-order valence-electron chi connectivity index (χ0n) is 29.6. The number of carbonyl (C=O) groups is 1. The molecule has 5 aromatic rings. The summed E-state index contributed by atoms with van der Waals surface area (Å²) >= 11 is 0.254. The van der Waals surface area contributed by atoms with Gasteiger partial charge in [-0.05, 0) is 0 Å². The number of aliphatic hydroxyl groups excluding tert-OH is 1. The van der Waals surface area contributed by atoms with Gasteiger partial charge in [-0.25, -0.2) is 0 Å². The van der Waals surface area contributed by atoms with Crippen LogP contribution >= 0.6 is 0 Å². The van der Waals surface area contributed by atoms with Crippen molar-refractivity contribution in [1.29, 1.82) is 0 Å². The van der Waals surface area contributed by atoms with Gasteiger partial charge in [-0.2, -0.15) is 0 Å². The number of aliphatic hydroxyl groups is 1. The predicted molar refractivity (Wildman–Crippen MR) is 194 cm³/mol. The molecule has 46 heavy (non-hydrogen) atoms. The summed E-state index contributed by atoms with van der Waals surface area (Å²) in [7, 11) is 0. The molecular formula is C41H50IrNO2Se-. The molecule has 1 N–H and O–H groups in total. The molecule has 0 aliphatic carbocycles. The second-order valence-corrected chi connectivity index (χ2v) is 18.7. The van der Waals surface area contributed by atoms with Crippen LogP contribution in [0.5, 0.6) is 0 Å². The fourth-order valence-corrected chi connectivity index (χ4v) is 7.85. The minimum atomic E-state index is -0.417. The maximum atomic E-state index is 11.5. The smallest absolute Gasteiger partial charge is 0 e. The Morgan fingerprint density at radius 2 is 1.48 bits per heavy atom. The van der Waals surface area contributed by atoms with Crippen LogP contribution in [0, 0.1) is 22.3 Å². The molecule has 0 saturated carbocycles. The van der Waals surface area contributed by atoms with Crippen molar-refractivity contribution < 1.29 is 30.0 Å². The van der Waals surface area contributed by atoms with Crippen molar-refractivity contribution in [3.8, 4) is 11.3 Å². The Morgan fingerprint density at radius 1 is 0.826 bits per heavy atom. The fraction of sp³-hybridized carbons (Fsp3) is 0.415. The number of pyridine rings is 1. The Hall–Kier alpha value is -2.55. The maximum absolute atomic E-state index is 11.5. The van der Waals surface area contributed by atoms with Crippen LogP contribution in [0.15, 0.2) is 72.6 Å². The first-order valence-corrected chi connectivity index (χ1v) is 17.6. The first kappa shape index (κ1) is 37.9. The summed E-state index contributed by atoms with van der Waals surface area (Å²) in [6, 6.07) is 23.9. The zero-order valence-corrected chi connectivity index (χ0v) is 33.7. The fourth-order valence-electron chi connectivity index (χ4n) is 5.20. The van der Waals surface area contributed by atoms with Crippen molar-refractivity contribution in [1.82, 2.24) is 4.98 Å². The van der Waals surface area contributed by atoms with Gasteiger partial charge in [0.1, 0.15) is 5.76 Å². The molecule has 0 aliphatic heterocycles. The molecule has 0 bridgehead atoms. The molecule has 2 heterocycles. The van der Waals surface area contributed by atoms with E-state index in [1.807, 2.05) is 47.7 Å². The SMILES string of the molecule is CC(C)(C)C(=O)/C=C(\O)C(C)(C)C.CC(C)(C)Cc1ccc2c(c1)[se]c1c(-c3[c-]c4ccccc4c(C(C)(C)C)c3)nccc12.[Ir]. The summed E-state index contributed by atoms with van der Waals surface area (Å²) in [5.74, 6) is 0.104. The van der Waals surface area contributed by atoms with Gasteiger partial charge < -0.3 is 5.11 Å². The summed E-state index contributed by atoms with van der Waals surface area (Å²) in [5.41, 5.74) is 4.60. The minimum Gasteiger partial charge on any atom is 0 e. The third-order valence-corrected chi connectivity index (χ3v) is 10.3. The second-order valence-electron chi connectivity index (χ2n) is 16.5. The molecule has 0 spiro atoms. The molecule has 0 atom stereocenters. The molecule has 3 nitrogen and oxygen atoms in total. The van der Waals surface area contributed by atoms with E-state index in [1.54, 1.807) is 0 Å². The topological polar surface area (TPSA) is 50.2 Å². The quantitative estimate of drug-likeness (QED) is 0.0851. The van der Waals surface area contributed by atoms with E-state index >= 15 is 0 Å². The average molecular weight is 860 g/mol. The van der Waals surface area contributed by atoms with Gasteiger partial charge in [0, 0.05) is 37.0 Å². The number of rotatable bonds is 3. The summed E-state index contributed by atoms with van der Waals surface area (Å²) in [5, 5.41) is 14.8. The van der Waals surface area contributed by atoms with E-state index < -0.39 is 5.41 Å². The molecule has 247 valence electrons. The van der Waals surface area contributed by atoms with Crippen LogP contribution in [0.25, 0.3) is 41.3 Å². The van der Waals surface area contributed by atoms with Crippen LogP contribution < -0.4 is 0 Å². The van der Waals surface area contributed by atoms with E-state index in [-0.39, 0.29) is 57.0 Å². The molecule has 0 amide bonds. The third-order valence-electron chi connectivity index (χ3n) is 7.80. The number of benzene rings is 3. The van der Waals surface area contributed by atoms with Crippen LogP contribution in [0.2, 0.25) is 0 Å². The Kier molecular flexibility index (Phi) is 11.4. The average Bonchev–Trinajstić information content (AvgIpc) is 3.28. The molecule has 5 rings (SSSR count). The zero-order chi connectivity index (χ0) is 33.5. The van der Waals surface area contributed by atoms with E-state index in [0.29, 0.717) is 5.41 Å². The predicted octanol–water partition coefficient (Wildman–Crippen LogP) is 11.0. The van der Waals surface area contributed by atoms with Crippen LogP contribution in [0.4, 0.5) is 0 Å². The third kappa shape index (κ3) is 9.07. The van der Waals surface area contributed by atoms with Gasteiger partial charge in [0.2, 0.25) is 0 Å². The van der Waals surface area contributed by atoms with Crippen LogP contribution in [0.1, 0.15) is 94.2 Å². The summed E-state index contributed by atoms with van der Waals surface area (Å²) < 4.78 is 2.88. The van der Waals surface area contributed by atoms with Crippen molar-refractivity contribution in [2.45, 2.75) is 94.9 Å². The molecule has 0 fully saturated rings. The number of ketones is 1. The first-order valence-electron chi connectivity index (χ1n) is 15.9. The molecule has 5 heteroatoms. The van der Waals surface area contributed by atoms with E-state index in [4.69, 9.17) is 4.98 Å². The standard InChI is InChI=1S/C30H30NSe.C11H20O2.Ir/c1-29(2,3)18-19-11-12-23-24-13-14-31-27(28(24)32-26(23)15-19)21-16-20-9-7-8-10-22(20)25(17-21)30(4,5)6;1-10(2,3)8(12)7-9(13)11(4,5)6;/h7-15,17H,18H2,1-6H3;7,12H,1-6H3;/q-1;;/b;8-7-;. The molecule has 0 aliphatic rings. The van der Waals surface area contributed by atoms with Gasteiger partial charge in [0.25, 0.3) is 0 Å². The number of hydrogen-bond donors (Lipinski definition) is 1. The van der Waals surface area contributed by atoms with E-state index in [9.17, 15) is 9.90 Å². The van der Waals surface area contributed by atoms with Gasteiger partial charge in [-0.15, -0.1) is 0 Å². The monoisotopic (exact) mass is 861 g/mol. The molecule has 2 aromatic heterocycles. The van der Waals surface area contributed by atoms with Crippen LogP contribution in [-0.2, 0) is 36.7 Å². The van der Waals surface area contributed by atoms with Crippen LogP contribution in [0.3, 0.4) is 0 Å². The van der Waals surface area contributed by atoms with Gasteiger partial charge in [-0.1, -0.05) is 41.5 Å². The van der Waals surface area contributed by atoms with Gasteiger partial charge in [0.05, 0.1) is 0 Å². The summed E-state index contributed by atoms with van der Waals surface area (Å²) in [4.78, 5) is 16.4. The molecule has 0 saturated heterocycles. The molecule has 1 radical (unpaired) electrons. The molecule has 3 aromatic carbocycles. The van der Waals surface area contributed by atoms with E-state index in [1.165, 1.54) is 47.3 Å². The van der Waals surface area contributed by atoms with Crippen molar-refractivity contribution in [3.05, 3.63) is 89.8 Å². The second kappa shape index (κ2) is 13.9. The van der Waals surface area contributed by atoms with Crippen molar-refractivity contribution in [3.63, 3.8) is 0 Å². The van der Waals surface area contributed by atoms with Crippen LogP contribution in [-0.4, -0.2) is 30.4 Å². The normalized spacial score (nSPS) is 13.0. The Labute approximate surface area is 296 Å². The number of nitrogens with zero attached hydrogens (tertiary/aromatic N) is 1. The first-order chi connectivity index (χ1) is 20.6. The Morgan fingerprint density at radius 3 is 2.07 bits per heavy atom. The van der Waals surface area contributed by atoms with Gasteiger partial charge >= 0.3 is 198 Å². The number of fused-ring (bicyclic) bond motifs is 4. The Bertz CT molecular complexity index is 1890. The van der Waals surface area contributed by atoms with Gasteiger partial charge in [-0.3, -0.25) is 4.79 Å². The largest absolute Gasteiger partial charge is 0 e. The van der Waals surface area contributed by atoms with Gasteiger partial charge in [0.15, 0.2) is 5.78 Å². The van der Waals surface area contributed by atoms with Crippen molar-refractivity contribution in [2.75, 3.05) is 0 Å². The Balaban J connectivity index is 0.000000352. The van der Waals surface area contributed by atoms with E-state index in [0.717, 1.165) is 17.7 Å². The minimum absolute atomic E-state index is 0. The molecule has 0 unspecified atom stereocenters. The molecular weight excluding hydrogens is 810 g/mol. The summed E-state index contributed by atoms with van der Waals surface area (Å²) in [6.07, 6.45) is 4.41. The van der Waals surface area contributed by atoms with Crippen molar-refractivity contribution >= 4 is 50.4 Å². The summed E-state index contributed by atoms with van der Waals surface area (Å²) in [6.45, 7) is 24.9. The number of allylic oxidation sites excluding steroid dienone is 2. The number of hydrogen-bond acceptors (Lipinski definition) is 3. The maximum Gasteiger partial charge on any atom is 0 e. The number of aromatic nitrogens is 1. The number of carbonyl (C=O) groups excluding carboxylic acids is 1. The van der Waals surface area contributed by atoms with Crippen molar-refractivity contribution in [2.24, 2.45) is 16.2 Å². The van der Waals surface area contributed by atoms with E-state index in [2.05, 4.69) is 102 Å².